The van der Waals surface area contributed by atoms with Gasteiger partial charge in [-0.15, -0.1) is 0 Å². The van der Waals surface area contributed by atoms with Crippen LogP contribution in [0.15, 0.2) is 16.9 Å². The number of hydrogen-bond acceptors (Lipinski definition) is 4. The lowest BCUT2D eigenvalue weighted by Gasteiger charge is -2.46. The van der Waals surface area contributed by atoms with Gasteiger partial charge in [0, 0.05) is 31.0 Å². The van der Waals surface area contributed by atoms with E-state index in [0.717, 1.165) is 17.6 Å². The predicted octanol–water partition coefficient (Wildman–Crippen LogP) is 2.10. The maximum atomic E-state index is 5.65. The highest BCUT2D eigenvalue weighted by Crippen LogP contribution is 2.23. The quantitative estimate of drug-likeness (QED) is 0.834. The Morgan fingerprint density at radius 3 is 2.38 bits per heavy atom. The van der Waals surface area contributed by atoms with Gasteiger partial charge in [0.2, 0.25) is 0 Å². The van der Waals surface area contributed by atoms with Crippen LogP contribution in [-0.4, -0.2) is 39.6 Å². The van der Waals surface area contributed by atoms with E-state index in [9.17, 15) is 0 Å². The number of ether oxygens (including phenoxy) is 1. The summed E-state index contributed by atoms with van der Waals surface area (Å²) in [6.45, 7) is 8.52. The monoisotopic (exact) mass is 285 g/mol. The van der Waals surface area contributed by atoms with Gasteiger partial charge in [-0.05, 0) is 36.7 Å². The summed E-state index contributed by atoms with van der Waals surface area (Å²) >= 11 is 3.29. The number of likely N-dealkylation sites (tertiary alicyclic amines) is 1. The molecule has 0 amide bonds. The van der Waals surface area contributed by atoms with Crippen LogP contribution in [0.5, 0.6) is 6.01 Å². The van der Waals surface area contributed by atoms with Gasteiger partial charge in [0.25, 0.3) is 0 Å². The van der Waals surface area contributed by atoms with Crippen LogP contribution in [0.1, 0.15) is 20.8 Å². The van der Waals surface area contributed by atoms with Crippen LogP contribution in [0.2, 0.25) is 0 Å². The first-order chi connectivity index (χ1) is 7.45. The summed E-state index contributed by atoms with van der Waals surface area (Å²) in [5.41, 5.74) is 0.223. The van der Waals surface area contributed by atoms with E-state index in [1.807, 2.05) is 0 Å². The molecule has 0 spiro atoms. The van der Waals surface area contributed by atoms with E-state index in [1.165, 1.54) is 0 Å². The maximum Gasteiger partial charge on any atom is 0.316 e. The van der Waals surface area contributed by atoms with Crippen molar-refractivity contribution < 1.29 is 4.74 Å². The second-order valence-electron chi connectivity index (χ2n) is 5.00. The van der Waals surface area contributed by atoms with Gasteiger partial charge in [-0.3, -0.25) is 4.90 Å². The summed E-state index contributed by atoms with van der Waals surface area (Å²) in [4.78, 5) is 10.5. The average Bonchev–Trinajstić information content (AvgIpc) is 2.11. The first kappa shape index (κ1) is 11.8. The molecule has 88 valence electrons. The van der Waals surface area contributed by atoms with Crippen LogP contribution in [0, 0.1) is 0 Å². The molecular formula is C11H16BrN3O. The Kier molecular flexibility index (Phi) is 3.17. The predicted molar refractivity (Wildman–Crippen MR) is 65.5 cm³/mol. The highest BCUT2D eigenvalue weighted by molar-refractivity contribution is 9.10. The van der Waals surface area contributed by atoms with Crippen molar-refractivity contribution in [2.75, 3.05) is 13.1 Å². The van der Waals surface area contributed by atoms with Crippen molar-refractivity contribution in [3.05, 3.63) is 16.9 Å². The number of aromatic nitrogens is 2. The summed E-state index contributed by atoms with van der Waals surface area (Å²) in [5, 5.41) is 0. The molecule has 0 aliphatic carbocycles. The molecule has 0 saturated carbocycles. The minimum Gasteiger partial charge on any atom is -0.457 e. The number of halogens is 1. The molecule has 2 heterocycles. The van der Waals surface area contributed by atoms with Gasteiger partial charge in [-0.1, -0.05) is 0 Å². The molecule has 1 saturated heterocycles. The Bertz CT molecular complexity index is 354. The van der Waals surface area contributed by atoms with Crippen molar-refractivity contribution in [1.82, 2.24) is 14.9 Å². The van der Waals surface area contributed by atoms with Crippen LogP contribution in [-0.2, 0) is 0 Å². The number of rotatable bonds is 2. The fourth-order valence-electron chi connectivity index (χ4n) is 1.57. The molecule has 0 N–H and O–H groups in total. The molecule has 1 aromatic heterocycles. The molecule has 0 atom stereocenters. The third-order valence-corrected chi connectivity index (χ3v) is 3.07. The highest BCUT2D eigenvalue weighted by Gasteiger charge is 2.36. The van der Waals surface area contributed by atoms with Gasteiger partial charge < -0.3 is 4.74 Å². The second kappa shape index (κ2) is 4.30. The zero-order valence-corrected chi connectivity index (χ0v) is 11.4. The van der Waals surface area contributed by atoms with Gasteiger partial charge in [0.05, 0.1) is 4.47 Å². The van der Waals surface area contributed by atoms with E-state index in [2.05, 4.69) is 51.6 Å². The molecule has 1 aliphatic rings. The van der Waals surface area contributed by atoms with E-state index in [-0.39, 0.29) is 11.6 Å². The Morgan fingerprint density at radius 2 is 1.88 bits per heavy atom. The molecule has 0 bridgehead atoms. The SMILES string of the molecule is CC(C)(C)N1CC(Oc2ncc(Br)cn2)C1. The minimum absolute atomic E-state index is 0.223. The molecule has 1 aromatic rings. The van der Waals surface area contributed by atoms with Crippen LogP contribution in [0.3, 0.4) is 0 Å². The van der Waals surface area contributed by atoms with Crippen molar-refractivity contribution in [3.63, 3.8) is 0 Å². The molecule has 2 rings (SSSR count). The van der Waals surface area contributed by atoms with Crippen molar-refractivity contribution in [2.24, 2.45) is 0 Å². The van der Waals surface area contributed by atoms with Gasteiger partial charge in [0.15, 0.2) is 0 Å². The van der Waals surface area contributed by atoms with Crippen LogP contribution >= 0.6 is 15.9 Å². The lowest BCUT2D eigenvalue weighted by Crippen LogP contribution is -2.60. The molecule has 4 nitrogen and oxygen atoms in total. The van der Waals surface area contributed by atoms with E-state index < -0.39 is 0 Å². The molecule has 5 heteroatoms. The van der Waals surface area contributed by atoms with E-state index in [0.29, 0.717) is 6.01 Å². The lowest BCUT2D eigenvalue weighted by molar-refractivity contribution is -0.0388. The van der Waals surface area contributed by atoms with Crippen molar-refractivity contribution in [3.8, 4) is 6.01 Å². The van der Waals surface area contributed by atoms with Crippen molar-refractivity contribution >= 4 is 15.9 Å². The molecule has 1 fully saturated rings. The van der Waals surface area contributed by atoms with Gasteiger partial charge in [0.1, 0.15) is 6.10 Å². The van der Waals surface area contributed by atoms with E-state index in [4.69, 9.17) is 4.74 Å². The fourth-order valence-corrected chi connectivity index (χ4v) is 1.78. The molecule has 16 heavy (non-hydrogen) atoms. The van der Waals surface area contributed by atoms with Gasteiger partial charge >= 0.3 is 6.01 Å². The Labute approximate surface area is 104 Å². The fraction of sp³-hybridized carbons (Fsp3) is 0.636. The largest absolute Gasteiger partial charge is 0.457 e. The summed E-state index contributed by atoms with van der Waals surface area (Å²) in [6, 6.07) is 0.460. The highest BCUT2D eigenvalue weighted by atomic mass is 79.9. The summed E-state index contributed by atoms with van der Waals surface area (Å²) < 4.78 is 6.51. The first-order valence-corrected chi connectivity index (χ1v) is 6.14. The summed E-state index contributed by atoms with van der Waals surface area (Å²) in [5.74, 6) is 0. The zero-order chi connectivity index (χ0) is 11.8. The lowest BCUT2D eigenvalue weighted by atomic mass is 9.99. The smallest absolute Gasteiger partial charge is 0.316 e. The van der Waals surface area contributed by atoms with E-state index >= 15 is 0 Å². The summed E-state index contributed by atoms with van der Waals surface area (Å²) in [6.07, 6.45) is 3.62. The van der Waals surface area contributed by atoms with Crippen LogP contribution in [0.4, 0.5) is 0 Å². The summed E-state index contributed by atoms with van der Waals surface area (Å²) in [7, 11) is 0. The molecule has 0 unspecified atom stereocenters. The third kappa shape index (κ3) is 2.71. The molecule has 0 radical (unpaired) electrons. The average molecular weight is 286 g/mol. The topological polar surface area (TPSA) is 38.2 Å². The molecule has 1 aliphatic heterocycles. The number of hydrogen-bond donors (Lipinski definition) is 0. The molecule has 0 aromatic carbocycles. The zero-order valence-electron chi connectivity index (χ0n) is 9.77. The van der Waals surface area contributed by atoms with Crippen LogP contribution < -0.4 is 4.74 Å². The first-order valence-electron chi connectivity index (χ1n) is 5.34. The molecular weight excluding hydrogens is 270 g/mol. The second-order valence-corrected chi connectivity index (χ2v) is 5.92. The van der Waals surface area contributed by atoms with Crippen molar-refractivity contribution in [2.45, 2.75) is 32.4 Å². The number of nitrogens with zero attached hydrogens (tertiary/aromatic N) is 3. The Hall–Kier alpha value is -0.680. The normalized spacial score (nSPS) is 18.2. The van der Waals surface area contributed by atoms with Crippen molar-refractivity contribution in [1.29, 1.82) is 0 Å². The van der Waals surface area contributed by atoms with Crippen LogP contribution in [0.25, 0.3) is 0 Å². The van der Waals surface area contributed by atoms with Gasteiger partial charge in [-0.25, -0.2) is 9.97 Å². The minimum atomic E-state index is 0.223. The third-order valence-electron chi connectivity index (χ3n) is 2.67. The Balaban J connectivity index is 1.84. The standard InChI is InChI=1S/C11H16BrN3O/c1-11(2,3)15-6-9(7-15)16-10-13-4-8(12)5-14-10/h4-5,9H,6-7H2,1-3H3. The van der Waals surface area contributed by atoms with E-state index in [1.54, 1.807) is 12.4 Å². The Morgan fingerprint density at radius 1 is 1.31 bits per heavy atom. The maximum absolute atomic E-state index is 5.65. The van der Waals surface area contributed by atoms with Gasteiger partial charge in [-0.2, -0.15) is 0 Å².